The number of nitrogens with one attached hydrogen (secondary N) is 1. The molecule has 1 aromatic heterocycles. The first-order valence-corrected chi connectivity index (χ1v) is 9.50. The van der Waals surface area contributed by atoms with E-state index < -0.39 is 0 Å². The van der Waals surface area contributed by atoms with Gasteiger partial charge in [-0.25, -0.2) is 4.98 Å². The lowest BCUT2D eigenvalue weighted by molar-refractivity contribution is 0.965. The van der Waals surface area contributed by atoms with Crippen molar-refractivity contribution in [3.8, 4) is 11.4 Å². The molecule has 0 unspecified atom stereocenters. The molecule has 26 heavy (non-hydrogen) atoms. The third-order valence-corrected chi connectivity index (χ3v) is 5.44. The van der Waals surface area contributed by atoms with Crippen LogP contribution in [0.25, 0.3) is 11.4 Å². The number of hydrogen-bond donors (Lipinski definition) is 1. The van der Waals surface area contributed by atoms with Crippen LogP contribution in [0.15, 0.2) is 90.1 Å². The molecule has 0 spiro atoms. The van der Waals surface area contributed by atoms with Crippen molar-refractivity contribution in [2.24, 2.45) is 0 Å². The third-order valence-electron chi connectivity index (χ3n) is 4.01. The highest BCUT2D eigenvalue weighted by molar-refractivity contribution is 7.99. The van der Waals surface area contributed by atoms with Gasteiger partial charge in [-0.15, -0.1) is 5.10 Å². The van der Waals surface area contributed by atoms with Gasteiger partial charge in [0, 0.05) is 10.6 Å². The van der Waals surface area contributed by atoms with Gasteiger partial charge in [-0.05, 0) is 23.3 Å². The van der Waals surface area contributed by atoms with Crippen molar-refractivity contribution in [3.05, 3.63) is 101 Å². The number of H-pyrrole nitrogens is 1. The van der Waals surface area contributed by atoms with Gasteiger partial charge in [-0.2, -0.15) is 0 Å². The molecule has 0 fully saturated rings. The van der Waals surface area contributed by atoms with Gasteiger partial charge < -0.3 is 0 Å². The number of aromatic nitrogens is 3. The van der Waals surface area contributed by atoms with Crippen molar-refractivity contribution < 1.29 is 0 Å². The van der Waals surface area contributed by atoms with Gasteiger partial charge in [0.25, 0.3) is 0 Å². The van der Waals surface area contributed by atoms with E-state index in [1.807, 2.05) is 60.7 Å². The van der Waals surface area contributed by atoms with E-state index in [1.165, 1.54) is 5.56 Å². The van der Waals surface area contributed by atoms with Crippen LogP contribution in [0.5, 0.6) is 0 Å². The van der Waals surface area contributed by atoms with Crippen molar-refractivity contribution in [1.82, 2.24) is 15.2 Å². The van der Waals surface area contributed by atoms with Gasteiger partial charge in [0.2, 0.25) is 5.16 Å². The fourth-order valence-corrected chi connectivity index (χ4v) is 3.89. The first kappa shape index (κ1) is 16.9. The summed E-state index contributed by atoms with van der Waals surface area (Å²) in [7, 11) is 0. The van der Waals surface area contributed by atoms with E-state index in [0.29, 0.717) is 5.16 Å². The molecule has 1 atom stereocenters. The van der Waals surface area contributed by atoms with Gasteiger partial charge in [-0.1, -0.05) is 96.2 Å². The van der Waals surface area contributed by atoms with Crippen molar-refractivity contribution >= 4 is 23.4 Å². The first-order valence-electron chi connectivity index (χ1n) is 8.24. The lowest BCUT2D eigenvalue weighted by Crippen LogP contribution is -1.97. The highest BCUT2D eigenvalue weighted by Crippen LogP contribution is 2.39. The molecule has 0 saturated carbocycles. The van der Waals surface area contributed by atoms with Crippen LogP contribution in [0.2, 0.25) is 5.02 Å². The normalized spacial score (nSPS) is 12.0. The molecule has 3 aromatic carbocycles. The van der Waals surface area contributed by atoms with Gasteiger partial charge in [0.1, 0.15) is 0 Å². The fourth-order valence-electron chi connectivity index (χ4n) is 2.72. The molecule has 4 rings (SSSR count). The molecular formula is C21H16ClN3S. The molecule has 128 valence electrons. The molecule has 0 saturated heterocycles. The molecule has 4 aromatic rings. The zero-order valence-electron chi connectivity index (χ0n) is 13.8. The number of rotatable bonds is 5. The Balaban J connectivity index is 1.65. The maximum Gasteiger partial charge on any atom is 0.209 e. The average molecular weight is 378 g/mol. The van der Waals surface area contributed by atoms with Crippen LogP contribution in [0, 0.1) is 0 Å². The largest absolute Gasteiger partial charge is 0.258 e. The zero-order valence-corrected chi connectivity index (χ0v) is 15.4. The summed E-state index contributed by atoms with van der Waals surface area (Å²) in [4.78, 5) is 4.66. The number of benzene rings is 3. The molecule has 0 radical (unpaired) electrons. The Morgan fingerprint density at radius 1 is 0.769 bits per heavy atom. The maximum absolute atomic E-state index is 6.06. The van der Waals surface area contributed by atoms with E-state index in [2.05, 4.69) is 39.4 Å². The van der Waals surface area contributed by atoms with Gasteiger partial charge in [0.05, 0.1) is 5.25 Å². The second-order valence-electron chi connectivity index (χ2n) is 5.79. The van der Waals surface area contributed by atoms with Gasteiger partial charge in [-0.3, -0.25) is 5.10 Å². The predicted molar refractivity (Wildman–Crippen MR) is 107 cm³/mol. The number of aromatic amines is 1. The van der Waals surface area contributed by atoms with E-state index in [-0.39, 0.29) is 5.25 Å². The van der Waals surface area contributed by atoms with Crippen molar-refractivity contribution in [3.63, 3.8) is 0 Å². The van der Waals surface area contributed by atoms with E-state index in [9.17, 15) is 0 Å². The van der Waals surface area contributed by atoms with Crippen LogP contribution < -0.4 is 0 Å². The van der Waals surface area contributed by atoms with Crippen LogP contribution in [0.3, 0.4) is 0 Å². The van der Waals surface area contributed by atoms with Crippen molar-refractivity contribution in [1.29, 1.82) is 0 Å². The van der Waals surface area contributed by atoms with Gasteiger partial charge >= 0.3 is 0 Å². The van der Waals surface area contributed by atoms with E-state index in [1.54, 1.807) is 11.8 Å². The molecule has 0 aliphatic carbocycles. The minimum absolute atomic E-state index is 0.0906. The van der Waals surface area contributed by atoms with Gasteiger partial charge in [0.15, 0.2) is 5.82 Å². The topological polar surface area (TPSA) is 41.6 Å². The fraction of sp³-hybridized carbons (Fsp3) is 0.0476. The Bertz CT molecular complexity index is 969. The highest BCUT2D eigenvalue weighted by Gasteiger charge is 2.18. The van der Waals surface area contributed by atoms with Crippen LogP contribution >= 0.6 is 23.4 Å². The van der Waals surface area contributed by atoms with E-state index in [0.717, 1.165) is 22.0 Å². The monoisotopic (exact) mass is 377 g/mol. The third kappa shape index (κ3) is 3.82. The summed E-state index contributed by atoms with van der Waals surface area (Å²) in [5.74, 6) is 0.774. The molecule has 1 heterocycles. The Labute approximate surface area is 161 Å². The Morgan fingerprint density at radius 2 is 1.38 bits per heavy atom. The smallest absolute Gasteiger partial charge is 0.209 e. The molecule has 0 bridgehead atoms. The Kier molecular flexibility index (Phi) is 5.04. The summed E-state index contributed by atoms with van der Waals surface area (Å²) in [5.41, 5.74) is 3.39. The number of thioether (sulfide) groups is 1. The minimum Gasteiger partial charge on any atom is -0.258 e. The summed E-state index contributed by atoms with van der Waals surface area (Å²) in [6.07, 6.45) is 0. The Hall–Kier alpha value is -2.56. The maximum atomic E-state index is 6.06. The molecule has 5 heteroatoms. The SMILES string of the molecule is Clc1ccc([C@@H](Sc2n[nH]c(-c3ccccc3)n2)c2ccccc2)cc1. The summed E-state index contributed by atoms with van der Waals surface area (Å²) in [6.45, 7) is 0. The molecular weight excluding hydrogens is 362 g/mol. The zero-order chi connectivity index (χ0) is 17.8. The lowest BCUT2D eigenvalue weighted by atomic mass is 10.0. The summed E-state index contributed by atoms with van der Waals surface area (Å²) in [5, 5.41) is 8.98. The van der Waals surface area contributed by atoms with E-state index >= 15 is 0 Å². The number of halogens is 1. The number of nitrogens with zero attached hydrogens (tertiary/aromatic N) is 2. The highest BCUT2D eigenvalue weighted by atomic mass is 35.5. The quantitative estimate of drug-likeness (QED) is 0.433. The standard InChI is InChI=1S/C21H16ClN3S/c22-18-13-11-16(12-14-18)19(15-7-3-1-4-8-15)26-21-23-20(24-25-21)17-9-5-2-6-10-17/h1-14,19H,(H,23,24,25)/t19-/m0/s1. The van der Waals surface area contributed by atoms with Crippen LogP contribution in [0.4, 0.5) is 0 Å². The summed E-state index contributed by atoms with van der Waals surface area (Å²) < 4.78 is 0. The second-order valence-corrected chi connectivity index (χ2v) is 7.30. The van der Waals surface area contributed by atoms with Crippen LogP contribution in [0.1, 0.15) is 16.4 Å². The number of hydrogen-bond acceptors (Lipinski definition) is 3. The molecule has 0 amide bonds. The first-order chi connectivity index (χ1) is 12.8. The molecule has 3 nitrogen and oxygen atoms in total. The van der Waals surface area contributed by atoms with Crippen LogP contribution in [-0.4, -0.2) is 15.2 Å². The second kappa shape index (κ2) is 7.77. The predicted octanol–water partition coefficient (Wildman–Crippen LogP) is 6.01. The molecule has 0 aliphatic heterocycles. The average Bonchev–Trinajstić information content (AvgIpc) is 3.17. The molecule has 0 aliphatic rings. The van der Waals surface area contributed by atoms with Crippen molar-refractivity contribution in [2.45, 2.75) is 10.4 Å². The lowest BCUT2D eigenvalue weighted by Gasteiger charge is -2.16. The van der Waals surface area contributed by atoms with E-state index in [4.69, 9.17) is 11.6 Å². The summed E-state index contributed by atoms with van der Waals surface area (Å²) >= 11 is 7.68. The van der Waals surface area contributed by atoms with Crippen molar-refractivity contribution in [2.75, 3.05) is 0 Å². The summed E-state index contributed by atoms with van der Waals surface area (Å²) in [6, 6.07) is 28.3. The molecule has 1 N–H and O–H groups in total. The Morgan fingerprint density at radius 3 is 2.08 bits per heavy atom. The van der Waals surface area contributed by atoms with Crippen LogP contribution in [-0.2, 0) is 0 Å². The minimum atomic E-state index is 0.0906.